The molecule has 0 fully saturated rings. The molecule has 2 aromatic carbocycles. The molecule has 0 radical (unpaired) electrons. The topological polar surface area (TPSA) is 189 Å². The normalized spacial score (nSPS) is 12.4. The van der Waals surface area contributed by atoms with Gasteiger partial charge in [0.2, 0.25) is 11.7 Å². The van der Waals surface area contributed by atoms with Crippen LogP contribution in [-0.2, 0) is 43.4 Å². The third-order valence-corrected chi connectivity index (χ3v) is 11.4. The van der Waals surface area contributed by atoms with E-state index in [4.69, 9.17) is 34.4 Å². The molecule has 1 amide bonds. The van der Waals surface area contributed by atoms with Crippen molar-refractivity contribution in [3.8, 4) is 5.75 Å². The number of pyridine rings is 1. The minimum absolute atomic E-state index is 0.0486. The second-order valence-corrected chi connectivity index (χ2v) is 14.8. The predicted octanol–water partition coefficient (Wildman–Crippen LogP) is 7.28. The fraction of sp³-hybridized carbons (Fsp3) is 0.344. The fourth-order valence-corrected chi connectivity index (χ4v) is 8.53. The van der Waals surface area contributed by atoms with Crippen molar-refractivity contribution < 1.29 is 46.7 Å². The molecular formula is C32H38ClN5O10P2. The number of benzene rings is 2. The number of ether oxygens (including phenoxy) is 1. The summed E-state index contributed by atoms with van der Waals surface area (Å²) in [4.78, 5) is 40.5. The number of fused-ring (bicyclic) bond motifs is 1. The molecular weight excluding hydrogens is 712 g/mol. The number of aromatic nitrogens is 3. The van der Waals surface area contributed by atoms with Crippen LogP contribution in [0.15, 0.2) is 67.1 Å². The molecule has 50 heavy (non-hydrogen) atoms. The fourth-order valence-electron chi connectivity index (χ4n) is 4.87. The third-order valence-electron chi connectivity index (χ3n) is 6.83. The third kappa shape index (κ3) is 9.64. The zero-order valence-corrected chi connectivity index (χ0v) is 30.4. The maximum absolute atomic E-state index is 14.1. The van der Waals surface area contributed by atoms with Gasteiger partial charge in [-0.3, -0.25) is 23.8 Å². The molecule has 268 valence electrons. The van der Waals surface area contributed by atoms with E-state index in [0.29, 0.717) is 27.4 Å². The molecule has 4 rings (SSSR count). The number of nitrogens with one attached hydrogen (secondary N) is 1. The van der Waals surface area contributed by atoms with Crippen LogP contribution >= 0.6 is 26.8 Å². The molecule has 18 heteroatoms. The highest BCUT2D eigenvalue weighted by Gasteiger charge is 2.49. The quantitative estimate of drug-likeness (QED) is 0.0910. The van der Waals surface area contributed by atoms with Crippen molar-refractivity contribution in [2.45, 2.75) is 40.1 Å². The van der Waals surface area contributed by atoms with Crippen molar-refractivity contribution in [3.05, 3.63) is 77.8 Å². The van der Waals surface area contributed by atoms with Crippen molar-refractivity contribution in [1.29, 1.82) is 0 Å². The largest absolute Gasteiger partial charge is 0.486 e. The van der Waals surface area contributed by atoms with Crippen LogP contribution < -0.4 is 15.0 Å². The standard InChI is InChI=1S/C32H38ClN5O10P2/c1-5-45-49(42,46-6-2)20-29(39)38(31(32(40)41)50(43,47-7-3)48-8-4)24-13-14-27-25(18-24)30(36-21-35-27)37-22-12-15-28(26(33)17-22)44-19-23-11-9-10-16-34-23/h9-18,21,31H,5-8,19-20H2,1-4H3,(H,40,41)(H,35,36,37). The van der Waals surface area contributed by atoms with Crippen LogP contribution in [0, 0.1) is 0 Å². The number of hydrogen-bond donors (Lipinski definition) is 2. The molecule has 0 spiro atoms. The summed E-state index contributed by atoms with van der Waals surface area (Å²) in [6, 6.07) is 14.9. The molecule has 0 saturated carbocycles. The van der Waals surface area contributed by atoms with Crippen LogP contribution in [0.25, 0.3) is 10.9 Å². The summed E-state index contributed by atoms with van der Waals surface area (Å²) in [6.45, 7) is 5.89. The number of carbonyl (C=O) groups is 2. The van der Waals surface area contributed by atoms with Crippen molar-refractivity contribution >= 4 is 66.8 Å². The molecule has 0 aliphatic rings. The summed E-state index contributed by atoms with van der Waals surface area (Å²) in [5.41, 5.74) is 1.61. The number of aliphatic carboxylic acids is 1. The average molecular weight is 750 g/mol. The van der Waals surface area contributed by atoms with Crippen LogP contribution in [0.3, 0.4) is 0 Å². The predicted molar refractivity (Wildman–Crippen MR) is 188 cm³/mol. The highest BCUT2D eigenvalue weighted by molar-refractivity contribution is 7.56. The summed E-state index contributed by atoms with van der Waals surface area (Å²) in [7, 11) is -8.62. The zero-order valence-electron chi connectivity index (χ0n) is 27.9. The monoisotopic (exact) mass is 749 g/mol. The van der Waals surface area contributed by atoms with Gasteiger partial charge in [0.15, 0.2) is 0 Å². The van der Waals surface area contributed by atoms with E-state index in [0.717, 1.165) is 10.6 Å². The number of anilines is 3. The lowest BCUT2D eigenvalue weighted by molar-refractivity contribution is -0.138. The molecule has 0 bridgehead atoms. The van der Waals surface area contributed by atoms with Crippen molar-refractivity contribution in [3.63, 3.8) is 0 Å². The van der Waals surface area contributed by atoms with Gasteiger partial charge in [0.05, 0.1) is 42.7 Å². The molecule has 2 heterocycles. The van der Waals surface area contributed by atoms with Crippen molar-refractivity contribution in [2.75, 3.05) is 42.8 Å². The van der Waals surface area contributed by atoms with Crippen LogP contribution in [0.4, 0.5) is 17.2 Å². The number of hydrogen-bond acceptors (Lipinski definition) is 13. The number of amides is 1. The lowest BCUT2D eigenvalue weighted by atomic mass is 10.2. The Morgan fingerprint density at radius 1 is 0.900 bits per heavy atom. The average Bonchev–Trinajstić information content (AvgIpc) is 3.07. The molecule has 0 aliphatic carbocycles. The van der Waals surface area contributed by atoms with Crippen molar-refractivity contribution in [2.24, 2.45) is 0 Å². The Kier molecular flexibility index (Phi) is 13.8. The van der Waals surface area contributed by atoms with Gasteiger partial charge in [-0.25, -0.2) is 14.8 Å². The van der Waals surface area contributed by atoms with E-state index in [2.05, 4.69) is 20.3 Å². The van der Waals surface area contributed by atoms with Crippen molar-refractivity contribution in [1.82, 2.24) is 15.0 Å². The Labute approximate surface area is 294 Å². The highest BCUT2D eigenvalue weighted by Crippen LogP contribution is 2.56. The van der Waals surface area contributed by atoms with E-state index < -0.39 is 39.0 Å². The molecule has 0 saturated heterocycles. The van der Waals surface area contributed by atoms with E-state index >= 15 is 0 Å². The lowest BCUT2D eigenvalue weighted by Gasteiger charge is -2.33. The molecule has 4 aromatic rings. The van der Waals surface area contributed by atoms with E-state index in [1.807, 2.05) is 12.1 Å². The molecule has 15 nitrogen and oxygen atoms in total. The van der Waals surface area contributed by atoms with Crippen LogP contribution in [0.2, 0.25) is 5.02 Å². The first kappa shape index (κ1) is 38.9. The van der Waals surface area contributed by atoms with Gasteiger partial charge in [-0.2, -0.15) is 0 Å². The summed E-state index contributed by atoms with van der Waals surface area (Å²) < 4.78 is 54.7. The van der Waals surface area contributed by atoms with Gasteiger partial charge in [-0.05, 0) is 76.2 Å². The SMILES string of the molecule is CCOP(=O)(CC(=O)N(c1ccc2ncnc(Nc3ccc(OCc4ccccn4)c(Cl)c3)c2c1)C(C(=O)O)P(=O)(OCC)OCC)OCC. The second kappa shape index (κ2) is 17.8. The number of halogens is 1. The molecule has 2 N–H and O–H groups in total. The van der Waals surface area contributed by atoms with Gasteiger partial charge in [0.25, 0.3) is 0 Å². The van der Waals surface area contributed by atoms with E-state index in [1.54, 1.807) is 44.3 Å². The molecule has 2 aromatic heterocycles. The first-order valence-corrected chi connectivity index (χ1v) is 19.3. The van der Waals surface area contributed by atoms with Crippen LogP contribution in [0.5, 0.6) is 5.75 Å². The smallest absolute Gasteiger partial charge is 0.364 e. The van der Waals surface area contributed by atoms with E-state index in [-0.39, 0.29) is 44.5 Å². The Bertz CT molecular complexity index is 1870. The van der Waals surface area contributed by atoms with Gasteiger partial charge < -0.3 is 33.3 Å². The summed E-state index contributed by atoms with van der Waals surface area (Å²) in [6.07, 6.45) is 2.12. The number of carbonyl (C=O) groups excluding carboxylic acids is 1. The van der Waals surface area contributed by atoms with E-state index in [9.17, 15) is 23.8 Å². The van der Waals surface area contributed by atoms with E-state index in [1.165, 1.54) is 38.4 Å². The van der Waals surface area contributed by atoms with Gasteiger partial charge >= 0.3 is 21.2 Å². The minimum atomic E-state index is -4.56. The zero-order chi connectivity index (χ0) is 36.3. The second-order valence-electron chi connectivity index (χ2n) is 10.3. The Balaban J connectivity index is 1.77. The summed E-state index contributed by atoms with van der Waals surface area (Å²) >= 11 is 6.53. The van der Waals surface area contributed by atoms with Crippen LogP contribution in [0.1, 0.15) is 33.4 Å². The molecule has 1 unspecified atom stereocenters. The van der Waals surface area contributed by atoms with Gasteiger partial charge in [0, 0.05) is 23.0 Å². The highest BCUT2D eigenvalue weighted by atomic mass is 35.5. The van der Waals surface area contributed by atoms with Gasteiger partial charge in [0.1, 0.15) is 30.7 Å². The van der Waals surface area contributed by atoms with Gasteiger partial charge in [-0.15, -0.1) is 0 Å². The Morgan fingerprint density at radius 3 is 2.20 bits per heavy atom. The number of carboxylic acids is 1. The number of nitrogens with zero attached hydrogens (tertiary/aromatic N) is 4. The molecule has 0 aliphatic heterocycles. The number of rotatable bonds is 19. The summed E-state index contributed by atoms with van der Waals surface area (Å²) in [5.74, 6) is -4.20. The maximum Gasteiger partial charge on any atom is 0.364 e. The maximum atomic E-state index is 14.1. The first-order valence-electron chi connectivity index (χ1n) is 15.6. The molecule has 1 atom stereocenters. The first-order chi connectivity index (χ1) is 24.0. The Hall–Kier alpha value is -3.94. The van der Waals surface area contributed by atoms with Gasteiger partial charge in [-0.1, -0.05) is 17.7 Å². The minimum Gasteiger partial charge on any atom is -0.486 e. The summed E-state index contributed by atoms with van der Waals surface area (Å²) in [5, 5.41) is 14.3. The number of carboxylic acid groups (broad SMARTS) is 1. The lowest BCUT2D eigenvalue weighted by Crippen LogP contribution is -2.47. The van der Waals surface area contributed by atoms with Crippen LogP contribution in [-0.4, -0.2) is 70.3 Å². The Morgan fingerprint density at radius 2 is 1.60 bits per heavy atom.